The van der Waals surface area contributed by atoms with Crippen molar-refractivity contribution in [3.05, 3.63) is 40.9 Å². The number of para-hydroxylation sites is 1. The predicted octanol–water partition coefficient (Wildman–Crippen LogP) is 3.72. The molecule has 1 unspecified atom stereocenters. The van der Waals surface area contributed by atoms with Gasteiger partial charge in [-0.2, -0.15) is 0 Å². The van der Waals surface area contributed by atoms with E-state index in [0.717, 1.165) is 0 Å². The van der Waals surface area contributed by atoms with Crippen LogP contribution in [-0.4, -0.2) is 31.6 Å². The van der Waals surface area contributed by atoms with Crippen LogP contribution in [-0.2, 0) is 26.1 Å². The average Bonchev–Trinajstić information content (AvgIpc) is 3.06. The smallest absolute Gasteiger partial charge is 0.311 e. The molecule has 1 N–H and O–H groups in total. The van der Waals surface area contributed by atoms with Crippen LogP contribution in [0.1, 0.15) is 56.6 Å². The lowest BCUT2D eigenvalue weighted by molar-refractivity contribution is -0.135. The van der Waals surface area contributed by atoms with Gasteiger partial charge in [0.1, 0.15) is 11.5 Å². The maximum absolute atomic E-state index is 12.6. The Hall–Kier alpha value is -2.39. The van der Waals surface area contributed by atoms with E-state index < -0.39 is 22.7 Å². The van der Waals surface area contributed by atoms with E-state index in [4.69, 9.17) is 4.74 Å². The summed E-state index contributed by atoms with van der Waals surface area (Å²) in [7, 11) is -1.09. The van der Waals surface area contributed by atoms with Crippen molar-refractivity contribution in [2.24, 2.45) is 0 Å². The van der Waals surface area contributed by atoms with Crippen LogP contribution in [0, 0.1) is 0 Å². The molecule has 1 aromatic heterocycles. The van der Waals surface area contributed by atoms with Gasteiger partial charge in [0.2, 0.25) is 0 Å². The first kappa shape index (κ1) is 22.9. The number of hydrogen-bond donors (Lipinski definition) is 1. The zero-order chi connectivity index (χ0) is 21.6. The quantitative estimate of drug-likeness (QED) is 0.500. The highest BCUT2D eigenvalue weighted by molar-refractivity contribution is 7.85. The molecule has 0 aliphatic heterocycles. The van der Waals surface area contributed by atoms with E-state index in [1.807, 2.05) is 20.8 Å². The molecule has 7 nitrogen and oxygen atoms in total. The number of hydrogen-bond acceptors (Lipinski definition) is 7. The first-order valence-corrected chi connectivity index (χ1v) is 11.2. The van der Waals surface area contributed by atoms with Crippen LogP contribution in [0.2, 0.25) is 0 Å². The van der Waals surface area contributed by atoms with Crippen LogP contribution < -0.4 is 10.1 Å². The van der Waals surface area contributed by atoms with Crippen molar-refractivity contribution in [3.63, 3.8) is 0 Å². The van der Waals surface area contributed by atoms with Gasteiger partial charge in [-0.1, -0.05) is 12.1 Å². The lowest BCUT2D eigenvalue weighted by Gasteiger charge is -2.16. The fraction of sp³-hybridized carbons (Fsp3) is 0.400. The minimum Gasteiger partial charge on any atom is -0.426 e. The molecule has 0 spiro atoms. The first-order valence-electron chi connectivity index (χ1n) is 8.99. The number of benzene rings is 1. The molecule has 0 radical (unpaired) electrons. The number of anilines is 1. The van der Waals surface area contributed by atoms with Crippen LogP contribution in [0.3, 0.4) is 0 Å². The van der Waals surface area contributed by atoms with Gasteiger partial charge in [0, 0.05) is 27.3 Å². The summed E-state index contributed by atoms with van der Waals surface area (Å²) in [4.78, 5) is 39.8. The van der Waals surface area contributed by atoms with Gasteiger partial charge in [-0.15, -0.1) is 11.3 Å². The van der Waals surface area contributed by atoms with Gasteiger partial charge in [-0.25, -0.2) is 4.98 Å². The number of nitrogens with one attached hydrogen (secondary N) is 1. The molecule has 2 aromatic rings. The van der Waals surface area contributed by atoms with E-state index in [-0.39, 0.29) is 34.7 Å². The van der Waals surface area contributed by atoms with E-state index >= 15 is 0 Å². The zero-order valence-electron chi connectivity index (χ0n) is 16.8. The number of Topliss-reactive ketones (excluding diaryl/α,β-unsaturated/α-hetero) is 1. The number of carbonyl (C=O) groups excluding carboxylic acids is 3. The third-order valence-corrected chi connectivity index (χ3v) is 6.50. The third kappa shape index (κ3) is 7.17. The van der Waals surface area contributed by atoms with Crippen LogP contribution in [0.4, 0.5) is 5.13 Å². The van der Waals surface area contributed by atoms with E-state index in [1.165, 1.54) is 30.4 Å². The monoisotopic (exact) mass is 436 g/mol. The molecular weight excluding hydrogens is 412 g/mol. The molecule has 0 aliphatic carbocycles. The molecular formula is C20H24N2O5S2. The summed E-state index contributed by atoms with van der Waals surface area (Å²) in [5, 5.41) is 4.80. The molecule has 1 atom stereocenters. The lowest BCUT2D eigenvalue weighted by Crippen LogP contribution is -2.23. The second kappa shape index (κ2) is 9.89. The van der Waals surface area contributed by atoms with Crippen molar-refractivity contribution in [3.8, 4) is 5.75 Å². The molecule has 0 saturated heterocycles. The molecule has 0 saturated carbocycles. The Morgan fingerprint density at radius 2 is 1.86 bits per heavy atom. The number of ether oxygens (including phenoxy) is 1. The Morgan fingerprint density at radius 1 is 1.17 bits per heavy atom. The van der Waals surface area contributed by atoms with Gasteiger partial charge in [0.15, 0.2) is 5.13 Å². The number of amides is 1. The summed E-state index contributed by atoms with van der Waals surface area (Å²) < 4.78 is 17.1. The third-order valence-electron chi connectivity index (χ3n) is 3.77. The Bertz CT molecular complexity index is 931. The molecule has 1 heterocycles. The van der Waals surface area contributed by atoms with Crippen molar-refractivity contribution in [1.82, 2.24) is 4.98 Å². The minimum atomic E-state index is -1.09. The number of carbonyl (C=O) groups is 3. The average molecular weight is 437 g/mol. The summed E-state index contributed by atoms with van der Waals surface area (Å²) in [6, 6.07) is 6.35. The molecule has 29 heavy (non-hydrogen) atoms. The standard InChI is InChI=1S/C20H24N2O5S2/c1-13(23)9-10-17(24)27-16-8-6-5-7-15(16)18(25)22-19-21-14(11-28-19)12-29(26)20(2,3)4/h5-8,11H,9-10,12H2,1-4H3,(H,21,22,25). The summed E-state index contributed by atoms with van der Waals surface area (Å²) in [5.41, 5.74) is 0.821. The largest absolute Gasteiger partial charge is 0.426 e. The van der Waals surface area contributed by atoms with Gasteiger partial charge >= 0.3 is 5.97 Å². The number of aromatic nitrogens is 1. The number of esters is 1. The molecule has 2 rings (SSSR count). The lowest BCUT2D eigenvalue weighted by atomic mass is 10.2. The summed E-state index contributed by atoms with van der Waals surface area (Å²) >= 11 is 1.23. The van der Waals surface area contributed by atoms with E-state index in [0.29, 0.717) is 16.6 Å². The fourth-order valence-electron chi connectivity index (χ4n) is 2.14. The maximum Gasteiger partial charge on any atom is 0.311 e. The van der Waals surface area contributed by atoms with Crippen molar-refractivity contribution in [1.29, 1.82) is 0 Å². The highest BCUT2D eigenvalue weighted by Gasteiger charge is 2.21. The number of nitrogens with zero attached hydrogens (tertiary/aromatic N) is 1. The van der Waals surface area contributed by atoms with Crippen LogP contribution >= 0.6 is 11.3 Å². The Kier molecular flexibility index (Phi) is 7.80. The highest BCUT2D eigenvalue weighted by atomic mass is 32.2. The summed E-state index contributed by atoms with van der Waals surface area (Å²) in [6.45, 7) is 7.08. The Balaban J connectivity index is 2.05. The van der Waals surface area contributed by atoms with Crippen molar-refractivity contribution in [2.75, 3.05) is 5.32 Å². The van der Waals surface area contributed by atoms with Crippen LogP contribution in [0.25, 0.3) is 0 Å². The highest BCUT2D eigenvalue weighted by Crippen LogP contribution is 2.24. The minimum absolute atomic E-state index is 0.0496. The molecule has 0 fully saturated rings. The van der Waals surface area contributed by atoms with Crippen molar-refractivity contribution < 1.29 is 23.3 Å². The van der Waals surface area contributed by atoms with Crippen LogP contribution in [0.15, 0.2) is 29.6 Å². The molecule has 0 bridgehead atoms. The Labute approximate surface area is 176 Å². The number of thiazole rings is 1. The first-order chi connectivity index (χ1) is 13.6. The maximum atomic E-state index is 12.6. The predicted molar refractivity (Wildman–Crippen MR) is 114 cm³/mol. The number of ketones is 1. The van der Waals surface area contributed by atoms with Gasteiger partial charge in [0.25, 0.3) is 5.91 Å². The van der Waals surface area contributed by atoms with Crippen LogP contribution in [0.5, 0.6) is 5.75 Å². The second-order valence-corrected chi connectivity index (χ2v) is 10.4. The van der Waals surface area contributed by atoms with Gasteiger partial charge in [-0.3, -0.25) is 19.1 Å². The fourth-order valence-corrected chi connectivity index (χ4v) is 3.80. The Morgan fingerprint density at radius 3 is 2.52 bits per heavy atom. The molecule has 0 aliphatic rings. The van der Waals surface area contributed by atoms with Crippen molar-refractivity contribution in [2.45, 2.75) is 51.0 Å². The van der Waals surface area contributed by atoms with Gasteiger partial charge in [0.05, 0.1) is 23.4 Å². The van der Waals surface area contributed by atoms with E-state index in [9.17, 15) is 18.6 Å². The summed E-state index contributed by atoms with van der Waals surface area (Å²) in [5.74, 6) is -0.746. The summed E-state index contributed by atoms with van der Waals surface area (Å²) in [6.07, 6.45) is 0.0388. The molecule has 156 valence electrons. The normalized spacial score (nSPS) is 12.3. The van der Waals surface area contributed by atoms with Gasteiger partial charge < -0.3 is 9.53 Å². The van der Waals surface area contributed by atoms with Gasteiger partial charge in [-0.05, 0) is 39.8 Å². The molecule has 1 aromatic carbocycles. The molecule has 9 heteroatoms. The van der Waals surface area contributed by atoms with E-state index in [2.05, 4.69) is 10.3 Å². The number of rotatable bonds is 8. The topological polar surface area (TPSA) is 102 Å². The zero-order valence-corrected chi connectivity index (χ0v) is 18.4. The SMILES string of the molecule is CC(=O)CCC(=O)Oc1ccccc1C(=O)Nc1nc(CS(=O)C(C)(C)C)cs1. The van der Waals surface area contributed by atoms with Crippen molar-refractivity contribution >= 4 is 44.9 Å². The second-order valence-electron chi connectivity index (χ2n) is 7.37. The van der Waals surface area contributed by atoms with E-state index in [1.54, 1.807) is 17.5 Å². The molecule has 1 amide bonds.